The van der Waals surface area contributed by atoms with Gasteiger partial charge in [-0.1, -0.05) is 11.8 Å². The van der Waals surface area contributed by atoms with Gasteiger partial charge in [0.05, 0.1) is 33.1 Å². The molecule has 140 valence electrons. The molecule has 8 nitrogen and oxygen atoms in total. The molecule has 0 radical (unpaired) electrons. The van der Waals surface area contributed by atoms with Crippen molar-refractivity contribution < 1.29 is 23.8 Å². The number of methoxy groups -OCH3 is 2. The Morgan fingerprint density at radius 2 is 2.12 bits per heavy atom. The Bertz CT molecular complexity index is 718. The lowest BCUT2D eigenvalue weighted by Gasteiger charge is -2.27. The van der Waals surface area contributed by atoms with Gasteiger partial charge < -0.3 is 24.4 Å². The summed E-state index contributed by atoms with van der Waals surface area (Å²) in [4.78, 5) is 30.7. The van der Waals surface area contributed by atoms with Crippen molar-refractivity contribution in [1.29, 1.82) is 0 Å². The molecule has 0 aromatic heterocycles. The van der Waals surface area contributed by atoms with Crippen molar-refractivity contribution in [3.63, 3.8) is 0 Å². The van der Waals surface area contributed by atoms with Crippen LogP contribution in [0.15, 0.2) is 23.2 Å². The van der Waals surface area contributed by atoms with E-state index >= 15 is 0 Å². The second-order valence-electron chi connectivity index (χ2n) is 5.76. The number of hydrogen-bond donors (Lipinski definition) is 1. The van der Waals surface area contributed by atoms with Crippen molar-refractivity contribution in [2.75, 3.05) is 45.8 Å². The zero-order valence-corrected chi connectivity index (χ0v) is 15.5. The van der Waals surface area contributed by atoms with Crippen molar-refractivity contribution in [2.24, 2.45) is 4.99 Å². The third-order valence-electron chi connectivity index (χ3n) is 4.06. The van der Waals surface area contributed by atoms with Crippen LogP contribution in [-0.4, -0.2) is 67.7 Å². The molecule has 26 heavy (non-hydrogen) atoms. The zero-order chi connectivity index (χ0) is 18.5. The summed E-state index contributed by atoms with van der Waals surface area (Å²) in [6, 6.07) is 5.13. The molecule has 9 heteroatoms. The Labute approximate surface area is 155 Å². The number of nitrogens with zero attached hydrogens (tertiary/aromatic N) is 2. The Hall–Kier alpha value is -2.26. The topological polar surface area (TPSA) is 89.5 Å². The Balaban J connectivity index is 1.60. The minimum Gasteiger partial charge on any atom is -0.497 e. The van der Waals surface area contributed by atoms with Gasteiger partial charge in [0.15, 0.2) is 5.17 Å². The molecule has 1 unspecified atom stereocenters. The number of nitrogens with one attached hydrogen (secondary N) is 1. The molecule has 1 fully saturated rings. The summed E-state index contributed by atoms with van der Waals surface area (Å²) in [5.41, 5.74) is 0.501. The number of anilines is 1. The molecule has 1 saturated heterocycles. The maximum atomic E-state index is 12.4. The van der Waals surface area contributed by atoms with E-state index < -0.39 is 5.25 Å². The van der Waals surface area contributed by atoms with Gasteiger partial charge >= 0.3 is 0 Å². The lowest BCUT2D eigenvalue weighted by atomic mass is 10.2. The van der Waals surface area contributed by atoms with Crippen molar-refractivity contribution in [3.8, 4) is 11.5 Å². The molecule has 0 bridgehead atoms. The normalized spacial score (nSPS) is 19.9. The van der Waals surface area contributed by atoms with E-state index in [1.54, 1.807) is 25.3 Å². The lowest BCUT2D eigenvalue weighted by Crippen LogP contribution is -2.39. The molecule has 2 heterocycles. The Morgan fingerprint density at radius 1 is 1.35 bits per heavy atom. The standard InChI is InChI=1S/C17H21N3O5S/c1-23-11-3-4-13(24-2)12(9-11)18-15(21)10-14-16(22)19-17(26-14)20-5-7-25-8-6-20/h3-4,9,14H,5-8,10H2,1-2H3,(H,18,21). The number of thioether (sulfide) groups is 1. The van der Waals surface area contributed by atoms with Crippen LogP contribution in [0, 0.1) is 0 Å². The summed E-state index contributed by atoms with van der Waals surface area (Å²) in [6.07, 6.45) is 0.0429. The highest BCUT2D eigenvalue weighted by Gasteiger charge is 2.33. The number of benzene rings is 1. The van der Waals surface area contributed by atoms with Crippen LogP contribution in [0.5, 0.6) is 11.5 Å². The van der Waals surface area contributed by atoms with Crippen LogP contribution in [0.2, 0.25) is 0 Å². The third kappa shape index (κ3) is 4.28. The highest BCUT2D eigenvalue weighted by molar-refractivity contribution is 8.15. The molecule has 2 aliphatic rings. The van der Waals surface area contributed by atoms with E-state index in [2.05, 4.69) is 10.3 Å². The number of carbonyl (C=O) groups is 2. The first-order chi connectivity index (χ1) is 12.6. The van der Waals surface area contributed by atoms with E-state index in [1.165, 1.54) is 18.9 Å². The SMILES string of the molecule is COc1ccc(OC)c(NC(=O)CC2SC(N3CCOCC3)=NC2=O)c1. The molecule has 1 atom stereocenters. The van der Waals surface area contributed by atoms with Gasteiger partial charge in [0.2, 0.25) is 5.91 Å². The van der Waals surface area contributed by atoms with Gasteiger partial charge in [-0.05, 0) is 12.1 Å². The molecular weight excluding hydrogens is 358 g/mol. The zero-order valence-electron chi connectivity index (χ0n) is 14.7. The molecule has 3 rings (SSSR count). The van der Waals surface area contributed by atoms with E-state index in [-0.39, 0.29) is 18.2 Å². The van der Waals surface area contributed by atoms with Gasteiger partial charge in [0.1, 0.15) is 16.7 Å². The Morgan fingerprint density at radius 3 is 2.81 bits per heavy atom. The van der Waals surface area contributed by atoms with Crippen molar-refractivity contribution in [2.45, 2.75) is 11.7 Å². The molecule has 1 aromatic rings. The first kappa shape index (κ1) is 18.5. The highest BCUT2D eigenvalue weighted by atomic mass is 32.2. The molecule has 1 N–H and O–H groups in total. The van der Waals surface area contributed by atoms with Gasteiger partial charge in [0, 0.05) is 25.6 Å². The first-order valence-corrected chi connectivity index (χ1v) is 9.12. The highest BCUT2D eigenvalue weighted by Crippen LogP contribution is 2.31. The van der Waals surface area contributed by atoms with Crippen molar-refractivity contribution in [1.82, 2.24) is 4.90 Å². The number of aliphatic imine (C=N–C) groups is 1. The van der Waals surface area contributed by atoms with E-state index in [9.17, 15) is 9.59 Å². The first-order valence-electron chi connectivity index (χ1n) is 8.24. The number of amides is 2. The third-order valence-corrected chi connectivity index (χ3v) is 5.28. The lowest BCUT2D eigenvalue weighted by molar-refractivity contribution is -0.121. The predicted molar refractivity (Wildman–Crippen MR) is 99.0 cm³/mol. The maximum absolute atomic E-state index is 12.4. The van der Waals surface area contributed by atoms with Crippen LogP contribution in [0.3, 0.4) is 0 Å². The number of amidine groups is 1. The van der Waals surface area contributed by atoms with Crippen LogP contribution in [0.4, 0.5) is 5.69 Å². The predicted octanol–water partition coefficient (Wildman–Crippen LogP) is 1.36. The largest absolute Gasteiger partial charge is 0.497 e. The molecular formula is C17H21N3O5S. The average Bonchev–Trinajstić information content (AvgIpc) is 3.02. The number of rotatable bonds is 5. The van der Waals surface area contributed by atoms with Crippen LogP contribution in [-0.2, 0) is 14.3 Å². The number of carbonyl (C=O) groups excluding carboxylic acids is 2. The van der Waals surface area contributed by atoms with E-state index in [1.807, 2.05) is 4.90 Å². The molecule has 0 spiro atoms. The van der Waals surface area contributed by atoms with Gasteiger partial charge in [-0.15, -0.1) is 0 Å². The molecule has 1 aromatic carbocycles. The molecule has 2 aliphatic heterocycles. The van der Waals surface area contributed by atoms with Gasteiger partial charge in [0.25, 0.3) is 5.91 Å². The summed E-state index contributed by atoms with van der Waals surface area (Å²) in [5.74, 6) is 0.574. The molecule has 0 aliphatic carbocycles. The minimum atomic E-state index is -0.510. The van der Waals surface area contributed by atoms with Gasteiger partial charge in [-0.3, -0.25) is 9.59 Å². The Kier molecular flexibility index (Phi) is 6.00. The summed E-state index contributed by atoms with van der Waals surface area (Å²) in [7, 11) is 3.07. The quantitative estimate of drug-likeness (QED) is 0.826. The fraction of sp³-hybridized carbons (Fsp3) is 0.471. The van der Waals surface area contributed by atoms with E-state index in [4.69, 9.17) is 14.2 Å². The second-order valence-corrected chi connectivity index (χ2v) is 6.93. The van der Waals surface area contributed by atoms with E-state index in [0.717, 1.165) is 0 Å². The van der Waals surface area contributed by atoms with Gasteiger partial charge in [-0.25, -0.2) is 0 Å². The summed E-state index contributed by atoms with van der Waals surface area (Å²) < 4.78 is 15.7. The van der Waals surface area contributed by atoms with Gasteiger partial charge in [-0.2, -0.15) is 4.99 Å². The van der Waals surface area contributed by atoms with Crippen molar-refractivity contribution >= 4 is 34.4 Å². The molecule has 2 amide bonds. The fourth-order valence-electron chi connectivity index (χ4n) is 2.68. The monoisotopic (exact) mass is 379 g/mol. The minimum absolute atomic E-state index is 0.0429. The summed E-state index contributed by atoms with van der Waals surface area (Å²) in [5, 5.41) is 2.95. The van der Waals surface area contributed by atoms with Crippen LogP contribution in [0.25, 0.3) is 0 Å². The second kappa shape index (κ2) is 8.41. The van der Waals surface area contributed by atoms with Crippen LogP contribution < -0.4 is 14.8 Å². The van der Waals surface area contributed by atoms with E-state index in [0.29, 0.717) is 48.7 Å². The number of hydrogen-bond acceptors (Lipinski definition) is 7. The maximum Gasteiger partial charge on any atom is 0.262 e. The smallest absolute Gasteiger partial charge is 0.262 e. The number of morpholine rings is 1. The summed E-state index contributed by atoms with van der Waals surface area (Å²) in [6.45, 7) is 2.65. The van der Waals surface area contributed by atoms with Crippen LogP contribution >= 0.6 is 11.8 Å². The van der Waals surface area contributed by atoms with Crippen LogP contribution in [0.1, 0.15) is 6.42 Å². The van der Waals surface area contributed by atoms with Crippen molar-refractivity contribution in [3.05, 3.63) is 18.2 Å². The average molecular weight is 379 g/mol. The summed E-state index contributed by atoms with van der Waals surface area (Å²) >= 11 is 1.34. The molecule has 0 saturated carbocycles. The number of ether oxygens (including phenoxy) is 3. The fourth-order valence-corrected chi connectivity index (χ4v) is 3.80.